The van der Waals surface area contributed by atoms with Gasteiger partial charge in [-0.25, -0.2) is 0 Å². The molecule has 0 saturated carbocycles. The molecule has 7 heteroatoms. The second-order valence-corrected chi connectivity index (χ2v) is 8.65. The molecular formula is C20H15NO4S2. The molecule has 0 amide bonds. The molecule has 3 aromatic rings. The van der Waals surface area contributed by atoms with E-state index in [-0.39, 0.29) is 22.0 Å². The fourth-order valence-electron chi connectivity index (χ4n) is 3.83. The highest BCUT2D eigenvalue weighted by Crippen LogP contribution is 2.58. The van der Waals surface area contributed by atoms with E-state index in [4.69, 9.17) is 9.47 Å². The standard InChI is InChI=1S/C20H15NO4S2/c1-24-11-8-6-10(7-9-11)16-15-14(17-18(26-16)21-20(23)27-17)12-4-2-3-5-13(12)25-19(15)22/h2-9,14-16H,1H3,(H,21,23)/t14-,15+,16+/m1/s1. The normalized spacial score (nSPS) is 23.0. The molecule has 2 aromatic carbocycles. The van der Waals surface area contributed by atoms with Gasteiger partial charge in [0.1, 0.15) is 11.5 Å². The Morgan fingerprint density at radius 1 is 1.07 bits per heavy atom. The van der Waals surface area contributed by atoms with Crippen LogP contribution in [-0.2, 0) is 4.79 Å². The summed E-state index contributed by atoms with van der Waals surface area (Å²) in [6.45, 7) is 0. The van der Waals surface area contributed by atoms with Gasteiger partial charge in [0.05, 0.1) is 23.3 Å². The van der Waals surface area contributed by atoms with Crippen molar-refractivity contribution in [1.29, 1.82) is 0 Å². The van der Waals surface area contributed by atoms with Crippen molar-refractivity contribution in [3.63, 3.8) is 0 Å². The number of hydrogen-bond acceptors (Lipinski definition) is 6. The van der Waals surface area contributed by atoms with E-state index >= 15 is 0 Å². The van der Waals surface area contributed by atoms with Gasteiger partial charge in [-0.1, -0.05) is 53.4 Å². The molecule has 0 radical (unpaired) electrons. The monoisotopic (exact) mass is 397 g/mol. The first-order chi connectivity index (χ1) is 13.2. The lowest BCUT2D eigenvalue weighted by Gasteiger charge is -2.39. The molecule has 0 saturated heterocycles. The molecule has 0 bridgehead atoms. The number of aromatic nitrogens is 1. The van der Waals surface area contributed by atoms with Gasteiger partial charge in [-0.3, -0.25) is 9.59 Å². The molecule has 0 fully saturated rings. The van der Waals surface area contributed by atoms with Gasteiger partial charge in [0.25, 0.3) is 0 Å². The van der Waals surface area contributed by atoms with E-state index in [0.717, 1.165) is 26.8 Å². The van der Waals surface area contributed by atoms with Crippen molar-refractivity contribution < 1.29 is 14.3 Å². The first kappa shape index (κ1) is 16.6. The fraction of sp³-hybridized carbons (Fsp3) is 0.200. The Labute approximate surface area is 163 Å². The average Bonchev–Trinajstić information content (AvgIpc) is 3.07. The van der Waals surface area contributed by atoms with Gasteiger partial charge in [0.15, 0.2) is 0 Å². The molecule has 1 aromatic heterocycles. The molecule has 0 spiro atoms. The van der Waals surface area contributed by atoms with E-state index in [1.807, 2.05) is 48.5 Å². The number of aromatic amines is 1. The van der Waals surface area contributed by atoms with Gasteiger partial charge in [-0.05, 0) is 23.8 Å². The van der Waals surface area contributed by atoms with Gasteiger partial charge in [-0.15, -0.1) is 0 Å². The maximum absolute atomic E-state index is 13.0. The van der Waals surface area contributed by atoms with Crippen molar-refractivity contribution in [3.05, 3.63) is 74.2 Å². The summed E-state index contributed by atoms with van der Waals surface area (Å²) in [6.07, 6.45) is 0. The fourth-order valence-corrected chi connectivity index (χ4v) is 6.41. The molecule has 2 aliphatic rings. The van der Waals surface area contributed by atoms with Crippen LogP contribution in [0.2, 0.25) is 0 Å². The number of H-pyrrole nitrogens is 1. The number of para-hydroxylation sites is 1. The summed E-state index contributed by atoms with van der Waals surface area (Å²) in [5.74, 6) is 0.513. The van der Waals surface area contributed by atoms with Crippen molar-refractivity contribution in [3.8, 4) is 11.5 Å². The third-order valence-corrected chi connectivity index (χ3v) is 7.51. The Kier molecular flexibility index (Phi) is 3.87. The number of nitrogens with one attached hydrogen (secondary N) is 1. The third kappa shape index (κ3) is 2.61. The van der Waals surface area contributed by atoms with Gasteiger partial charge >= 0.3 is 10.8 Å². The van der Waals surface area contributed by atoms with Gasteiger partial charge in [-0.2, -0.15) is 0 Å². The van der Waals surface area contributed by atoms with E-state index in [9.17, 15) is 9.59 Å². The maximum Gasteiger partial charge on any atom is 0.316 e. The minimum Gasteiger partial charge on any atom is -0.497 e. The Morgan fingerprint density at radius 3 is 2.63 bits per heavy atom. The Hall–Kier alpha value is -2.51. The largest absolute Gasteiger partial charge is 0.497 e. The third-order valence-electron chi connectivity index (χ3n) is 5.04. The summed E-state index contributed by atoms with van der Waals surface area (Å²) in [5.41, 5.74) is 1.96. The minimum absolute atomic E-state index is 0.0990. The molecule has 0 unspecified atom stereocenters. The van der Waals surface area contributed by atoms with E-state index in [1.54, 1.807) is 7.11 Å². The van der Waals surface area contributed by atoms with E-state index in [1.165, 1.54) is 23.1 Å². The minimum atomic E-state index is -0.391. The number of benzene rings is 2. The number of thiazole rings is 1. The number of rotatable bonds is 2. The van der Waals surface area contributed by atoms with Crippen molar-refractivity contribution in [2.75, 3.05) is 7.11 Å². The lowest BCUT2D eigenvalue weighted by atomic mass is 9.78. The summed E-state index contributed by atoms with van der Waals surface area (Å²) < 4.78 is 10.9. The molecule has 2 aliphatic heterocycles. The number of ether oxygens (including phenoxy) is 2. The van der Waals surface area contributed by atoms with Crippen LogP contribution in [0.15, 0.2) is 58.4 Å². The number of carbonyl (C=O) groups excluding carboxylic acids is 1. The summed E-state index contributed by atoms with van der Waals surface area (Å²) >= 11 is 2.71. The van der Waals surface area contributed by atoms with Crippen LogP contribution < -0.4 is 14.3 Å². The van der Waals surface area contributed by atoms with Crippen LogP contribution in [0.25, 0.3) is 0 Å². The predicted octanol–water partition coefficient (Wildman–Crippen LogP) is 3.96. The summed E-state index contributed by atoms with van der Waals surface area (Å²) in [5, 5.41) is 0.691. The lowest BCUT2D eigenvalue weighted by molar-refractivity contribution is -0.140. The number of carbonyl (C=O) groups is 1. The highest BCUT2D eigenvalue weighted by Gasteiger charge is 2.49. The number of esters is 1. The first-order valence-electron chi connectivity index (χ1n) is 8.50. The van der Waals surface area contributed by atoms with Crippen LogP contribution in [-0.4, -0.2) is 18.1 Å². The Balaban J connectivity index is 1.69. The number of thioether (sulfide) groups is 1. The van der Waals surface area contributed by atoms with Crippen molar-refractivity contribution >= 4 is 29.1 Å². The summed E-state index contributed by atoms with van der Waals surface area (Å²) in [4.78, 5) is 28.8. The van der Waals surface area contributed by atoms with Crippen LogP contribution in [0.5, 0.6) is 11.5 Å². The van der Waals surface area contributed by atoms with E-state index < -0.39 is 5.92 Å². The molecule has 1 N–H and O–H groups in total. The zero-order valence-corrected chi connectivity index (χ0v) is 15.9. The van der Waals surface area contributed by atoms with Crippen LogP contribution in [0.1, 0.15) is 27.2 Å². The van der Waals surface area contributed by atoms with E-state index in [0.29, 0.717) is 5.75 Å². The zero-order valence-electron chi connectivity index (χ0n) is 14.3. The number of methoxy groups -OCH3 is 1. The number of hydrogen-bond donors (Lipinski definition) is 1. The Morgan fingerprint density at radius 2 is 1.85 bits per heavy atom. The highest BCUT2D eigenvalue weighted by molar-refractivity contribution is 7.99. The van der Waals surface area contributed by atoms with Crippen LogP contribution >= 0.6 is 23.1 Å². The molecule has 5 nitrogen and oxygen atoms in total. The second kappa shape index (κ2) is 6.28. The average molecular weight is 397 g/mol. The quantitative estimate of drug-likeness (QED) is 0.524. The van der Waals surface area contributed by atoms with E-state index in [2.05, 4.69) is 4.98 Å². The highest BCUT2D eigenvalue weighted by atomic mass is 32.2. The second-order valence-electron chi connectivity index (χ2n) is 6.48. The SMILES string of the molecule is COc1ccc([C@@H]2Sc3[nH]c(=O)sc3[C@@H]3c4ccccc4OC(=O)[C@@H]32)cc1. The predicted molar refractivity (Wildman–Crippen MR) is 104 cm³/mol. The summed E-state index contributed by atoms with van der Waals surface area (Å²) in [6, 6.07) is 15.3. The lowest BCUT2D eigenvalue weighted by Crippen LogP contribution is -2.37. The van der Waals surface area contributed by atoms with Gasteiger partial charge < -0.3 is 14.5 Å². The molecule has 3 heterocycles. The topological polar surface area (TPSA) is 68.4 Å². The molecule has 0 aliphatic carbocycles. The number of fused-ring (bicyclic) bond motifs is 5. The van der Waals surface area contributed by atoms with Gasteiger partial charge in [0.2, 0.25) is 0 Å². The summed E-state index contributed by atoms with van der Waals surface area (Å²) in [7, 11) is 1.62. The smallest absolute Gasteiger partial charge is 0.316 e. The molecule has 27 heavy (non-hydrogen) atoms. The molecular weight excluding hydrogens is 382 g/mol. The van der Waals surface area contributed by atoms with Crippen molar-refractivity contribution in [2.45, 2.75) is 16.2 Å². The van der Waals surface area contributed by atoms with Crippen LogP contribution in [0.3, 0.4) is 0 Å². The van der Waals surface area contributed by atoms with Gasteiger partial charge in [0, 0.05) is 16.4 Å². The molecule has 136 valence electrons. The maximum atomic E-state index is 13.0. The first-order valence-corrected chi connectivity index (χ1v) is 10.2. The van der Waals surface area contributed by atoms with Crippen molar-refractivity contribution in [2.24, 2.45) is 5.92 Å². The Bertz CT molecular complexity index is 1090. The molecule has 3 atom stereocenters. The van der Waals surface area contributed by atoms with Crippen molar-refractivity contribution in [1.82, 2.24) is 4.98 Å². The van der Waals surface area contributed by atoms with Crippen LogP contribution in [0.4, 0.5) is 0 Å². The molecule has 5 rings (SSSR count). The van der Waals surface area contributed by atoms with Crippen LogP contribution in [0, 0.1) is 5.92 Å². The zero-order chi connectivity index (χ0) is 18.5.